The zero-order valence-corrected chi connectivity index (χ0v) is 17.1. The first-order valence-corrected chi connectivity index (χ1v) is 9.71. The second-order valence-corrected chi connectivity index (χ2v) is 7.70. The highest BCUT2D eigenvalue weighted by Crippen LogP contribution is 2.31. The van der Waals surface area contributed by atoms with Crippen molar-refractivity contribution in [1.82, 2.24) is 5.32 Å². The molecule has 2 aromatic carbocycles. The number of hydrogen-bond donors (Lipinski definition) is 3. The summed E-state index contributed by atoms with van der Waals surface area (Å²) in [7, 11) is 0. The first-order valence-electron chi connectivity index (χ1n) is 8.23. The van der Waals surface area contributed by atoms with Crippen LogP contribution in [0.4, 0.5) is 11.4 Å². The summed E-state index contributed by atoms with van der Waals surface area (Å²) in [5, 5.41) is 8.89. The van der Waals surface area contributed by atoms with Crippen molar-refractivity contribution in [2.45, 2.75) is 19.8 Å². The molecule has 26 heavy (non-hydrogen) atoms. The zero-order valence-electron chi connectivity index (χ0n) is 14.1. The molecule has 1 saturated carbocycles. The van der Waals surface area contributed by atoms with Gasteiger partial charge in [0, 0.05) is 20.9 Å². The molecule has 0 saturated heterocycles. The Balaban J connectivity index is 1.66. The number of rotatable bonds is 4. The molecule has 0 aromatic heterocycles. The number of carbonyl (C=O) groups is 2. The van der Waals surface area contributed by atoms with Crippen molar-refractivity contribution in [3.8, 4) is 0 Å². The van der Waals surface area contributed by atoms with Gasteiger partial charge in [0.1, 0.15) is 0 Å². The molecule has 134 valence electrons. The molecular formula is C19H18IN3O2S. The molecule has 5 nitrogen and oxygen atoms in total. The van der Waals surface area contributed by atoms with Crippen LogP contribution in [0.2, 0.25) is 0 Å². The molecule has 1 aliphatic carbocycles. The van der Waals surface area contributed by atoms with Crippen molar-refractivity contribution in [3.05, 3.63) is 57.2 Å². The van der Waals surface area contributed by atoms with Gasteiger partial charge in [-0.1, -0.05) is 18.2 Å². The van der Waals surface area contributed by atoms with Crippen molar-refractivity contribution < 1.29 is 9.59 Å². The lowest BCUT2D eigenvalue weighted by molar-refractivity contribution is -0.117. The van der Waals surface area contributed by atoms with Gasteiger partial charge in [-0.05, 0) is 84.4 Å². The highest BCUT2D eigenvalue weighted by molar-refractivity contribution is 14.1. The number of nitrogens with one attached hydrogen (secondary N) is 3. The molecule has 3 rings (SSSR count). The van der Waals surface area contributed by atoms with E-state index in [1.165, 1.54) is 0 Å². The summed E-state index contributed by atoms with van der Waals surface area (Å²) >= 11 is 7.38. The quantitative estimate of drug-likeness (QED) is 0.457. The highest BCUT2D eigenvalue weighted by Gasteiger charge is 2.29. The number of anilines is 2. The van der Waals surface area contributed by atoms with Crippen LogP contribution in [0.25, 0.3) is 0 Å². The van der Waals surface area contributed by atoms with Gasteiger partial charge >= 0.3 is 0 Å². The van der Waals surface area contributed by atoms with Gasteiger partial charge in [0.05, 0.1) is 5.56 Å². The summed E-state index contributed by atoms with van der Waals surface area (Å²) in [4.78, 5) is 24.3. The Hall–Kier alpha value is -2.00. The van der Waals surface area contributed by atoms with Gasteiger partial charge in [-0.15, -0.1) is 0 Å². The minimum absolute atomic E-state index is 0.0554. The van der Waals surface area contributed by atoms with E-state index in [9.17, 15) is 9.59 Å². The van der Waals surface area contributed by atoms with Gasteiger partial charge in [0.25, 0.3) is 5.91 Å². The fraction of sp³-hybridized carbons (Fsp3) is 0.211. The maximum absolute atomic E-state index is 12.3. The fourth-order valence-corrected chi connectivity index (χ4v) is 3.29. The van der Waals surface area contributed by atoms with Crippen molar-refractivity contribution in [2.24, 2.45) is 5.92 Å². The maximum atomic E-state index is 12.3. The molecule has 0 radical (unpaired) electrons. The van der Waals surface area contributed by atoms with Crippen LogP contribution in [0.15, 0.2) is 42.5 Å². The van der Waals surface area contributed by atoms with E-state index >= 15 is 0 Å². The number of halogens is 1. The topological polar surface area (TPSA) is 70.2 Å². The molecule has 1 aliphatic rings. The summed E-state index contributed by atoms with van der Waals surface area (Å²) in [5.74, 6) is -0.0668. The minimum atomic E-state index is -0.261. The Labute approximate surface area is 171 Å². The Morgan fingerprint density at radius 1 is 1.04 bits per heavy atom. The van der Waals surface area contributed by atoms with Gasteiger partial charge in [-0.25, -0.2) is 0 Å². The fourth-order valence-electron chi connectivity index (χ4n) is 2.46. The number of carbonyl (C=O) groups excluding carboxylic acids is 2. The van der Waals surface area contributed by atoms with Crippen LogP contribution < -0.4 is 16.0 Å². The van der Waals surface area contributed by atoms with Gasteiger partial charge in [0.15, 0.2) is 5.11 Å². The normalized spacial score (nSPS) is 13.0. The first-order chi connectivity index (χ1) is 12.5. The molecule has 0 atom stereocenters. The third kappa shape index (κ3) is 4.59. The van der Waals surface area contributed by atoms with Crippen LogP contribution in [-0.4, -0.2) is 16.9 Å². The van der Waals surface area contributed by atoms with Crippen LogP contribution in [-0.2, 0) is 4.79 Å². The molecule has 0 aliphatic heterocycles. The summed E-state index contributed by atoms with van der Waals surface area (Å²) < 4.78 is 0.853. The van der Waals surface area contributed by atoms with Crippen molar-refractivity contribution in [1.29, 1.82) is 0 Å². The monoisotopic (exact) mass is 479 g/mol. The standard InChI is InChI=1S/C19H18IN3O2S/c1-11-15(21-17(24)12-9-10-12)7-4-8-16(11)22-19(26)23-18(25)13-5-2-3-6-14(13)20/h2-8,12H,9-10H2,1H3,(H,21,24)(H2,22,23,25,26). The molecule has 0 bridgehead atoms. The average molecular weight is 479 g/mol. The molecule has 7 heteroatoms. The predicted molar refractivity (Wildman–Crippen MR) is 115 cm³/mol. The molecule has 3 N–H and O–H groups in total. The molecular weight excluding hydrogens is 461 g/mol. The van der Waals surface area contributed by atoms with E-state index in [0.717, 1.165) is 33.4 Å². The van der Waals surface area contributed by atoms with E-state index in [-0.39, 0.29) is 22.8 Å². The molecule has 2 aromatic rings. The van der Waals surface area contributed by atoms with E-state index in [1.54, 1.807) is 6.07 Å². The van der Waals surface area contributed by atoms with Crippen LogP contribution in [0, 0.1) is 16.4 Å². The smallest absolute Gasteiger partial charge is 0.258 e. The summed E-state index contributed by atoms with van der Waals surface area (Å²) in [6, 6.07) is 12.8. The number of hydrogen-bond acceptors (Lipinski definition) is 3. The Morgan fingerprint density at radius 3 is 2.35 bits per heavy atom. The van der Waals surface area contributed by atoms with E-state index < -0.39 is 0 Å². The second kappa shape index (κ2) is 8.13. The predicted octanol–water partition coefficient (Wildman–Crippen LogP) is 4.07. The lowest BCUT2D eigenvalue weighted by atomic mass is 10.1. The lowest BCUT2D eigenvalue weighted by Crippen LogP contribution is -2.34. The van der Waals surface area contributed by atoms with Crippen LogP contribution >= 0.6 is 34.8 Å². The maximum Gasteiger partial charge on any atom is 0.258 e. The van der Waals surface area contributed by atoms with Gasteiger partial charge in [0.2, 0.25) is 5.91 Å². The Morgan fingerprint density at radius 2 is 1.69 bits per heavy atom. The largest absolute Gasteiger partial charge is 0.332 e. The van der Waals surface area contributed by atoms with Gasteiger partial charge in [-0.3, -0.25) is 14.9 Å². The zero-order chi connectivity index (χ0) is 18.7. The van der Waals surface area contributed by atoms with Crippen molar-refractivity contribution in [2.75, 3.05) is 10.6 Å². The number of thiocarbonyl (C=S) groups is 1. The van der Waals surface area contributed by atoms with Crippen LogP contribution in [0.3, 0.4) is 0 Å². The number of amides is 2. The Kier molecular flexibility index (Phi) is 5.87. The molecule has 1 fully saturated rings. The molecule has 0 spiro atoms. The average Bonchev–Trinajstić information content (AvgIpc) is 3.43. The Bertz CT molecular complexity index is 881. The van der Waals surface area contributed by atoms with E-state index in [2.05, 4.69) is 38.5 Å². The molecule has 0 unspecified atom stereocenters. The third-order valence-corrected chi connectivity index (χ3v) is 5.28. The van der Waals surface area contributed by atoms with E-state index in [4.69, 9.17) is 12.2 Å². The summed E-state index contributed by atoms with van der Waals surface area (Å²) in [6.45, 7) is 1.90. The van der Waals surface area contributed by atoms with Crippen LogP contribution in [0.5, 0.6) is 0 Å². The molecule has 0 heterocycles. The van der Waals surface area contributed by atoms with Crippen molar-refractivity contribution in [3.63, 3.8) is 0 Å². The highest BCUT2D eigenvalue weighted by atomic mass is 127. The lowest BCUT2D eigenvalue weighted by Gasteiger charge is -2.15. The molecule has 2 amide bonds. The van der Waals surface area contributed by atoms with E-state index in [1.807, 2.05) is 43.3 Å². The van der Waals surface area contributed by atoms with Gasteiger partial charge in [-0.2, -0.15) is 0 Å². The SMILES string of the molecule is Cc1c(NC(=O)C2CC2)cccc1NC(=S)NC(=O)c1ccccc1I. The second-order valence-electron chi connectivity index (χ2n) is 6.13. The third-order valence-electron chi connectivity index (χ3n) is 4.13. The van der Waals surface area contributed by atoms with E-state index in [0.29, 0.717) is 5.56 Å². The number of benzene rings is 2. The van der Waals surface area contributed by atoms with Gasteiger partial charge < -0.3 is 10.6 Å². The first kappa shape index (κ1) is 18.8. The van der Waals surface area contributed by atoms with Crippen LogP contribution in [0.1, 0.15) is 28.8 Å². The minimum Gasteiger partial charge on any atom is -0.332 e. The summed E-state index contributed by atoms with van der Waals surface area (Å²) in [5.41, 5.74) is 2.93. The van der Waals surface area contributed by atoms with Crippen molar-refractivity contribution >= 4 is 63.1 Å². The summed E-state index contributed by atoms with van der Waals surface area (Å²) in [6.07, 6.45) is 1.91.